The summed E-state index contributed by atoms with van der Waals surface area (Å²) < 4.78 is 10.3. The number of furan rings is 1. The summed E-state index contributed by atoms with van der Waals surface area (Å²) in [5, 5.41) is 2.83. The third-order valence-corrected chi connectivity index (χ3v) is 2.71. The Labute approximate surface area is 93.9 Å². The fourth-order valence-electron chi connectivity index (χ4n) is 1.74. The smallest absolute Gasteiger partial charge is 0.227 e. The summed E-state index contributed by atoms with van der Waals surface area (Å²) in [5.74, 6) is 0.625. The van der Waals surface area contributed by atoms with E-state index in [1.54, 1.807) is 6.26 Å². The number of nitrogens with two attached hydrogens (primary N) is 1. The fourth-order valence-corrected chi connectivity index (χ4v) is 1.74. The third-order valence-electron chi connectivity index (χ3n) is 2.71. The van der Waals surface area contributed by atoms with Gasteiger partial charge in [0.05, 0.1) is 25.4 Å². The van der Waals surface area contributed by atoms with Crippen molar-refractivity contribution in [3.8, 4) is 0 Å². The molecule has 5 heteroatoms. The van der Waals surface area contributed by atoms with Crippen LogP contribution in [-0.4, -0.2) is 31.7 Å². The molecule has 2 heterocycles. The zero-order valence-electron chi connectivity index (χ0n) is 9.02. The standard InChI is InChI=1S/C11H16N2O3/c12-10-7-15-6-9(10)11(14)13-4-3-8-2-1-5-16-8/h1-2,5,9-10H,3-4,6-7,12H2,(H,13,14). The SMILES string of the molecule is NC1COCC1C(=O)NCCc1ccco1. The zero-order valence-corrected chi connectivity index (χ0v) is 9.02. The Bertz CT molecular complexity index is 337. The van der Waals surface area contributed by atoms with Crippen molar-refractivity contribution < 1.29 is 13.9 Å². The maximum atomic E-state index is 11.7. The van der Waals surface area contributed by atoms with Crippen LogP contribution in [0.25, 0.3) is 0 Å². The van der Waals surface area contributed by atoms with Crippen LogP contribution in [0.1, 0.15) is 5.76 Å². The molecule has 5 nitrogen and oxygen atoms in total. The van der Waals surface area contributed by atoms with Crippen molar-refractivity contribution in [1.29, 1.82) is 0 Å². The van der Waals surface area contributed by atoms with Crippen LogP contribution in [0.2, 0.25) is 0 Å². The number of rotatable bonds is 4. The van der Waals surface area contributed by atoms with Gasteiger partial charge in [-0.15, -0.1) is 0 Å². The van der Waals surface area contributed by atoms with E-state index in [4.69, 9.17) is 14.9 Å². The molecule has 1 amide bonds. The highest BCUT2D eigenvalue weighted by Crippen LogP contribution is 2.11. The topological polar surface area (TPSA) is 77.5 Å². The molecule has 0 spiro atoms. The Kier molecular flexibility index (Phi) is 3.58. The second kappa shape index (κ2) is 5.14. The second-order valence-corrected chi connectivity index (χ2v) is 3.93. The summed E-state index contributed by atoms with van der Waals surface area (Å²) in [6, 6.07) is 3.54. The monoisotopic (exact) mass is 224 g/mol. The third kappa shape index (κ3) is 2.62. The van der Waals surface area contributed by atoms with E-state index < -0.39 is 0 Å². The van der Waals surface area contributed by atoms with Crippen LogP contribution in [0.3, 0.4) is 0 Å². The van der Waals surface area contributed by atoms with Gasteiger partial charge in [0.15, 0.2) is 0 Å². The van der Waals surface area contributed by atoms with E-state index in [1.165, 1.54) is 0 Å². The van der Waals surface area contributed by atoms with Crippen molar-refractivity contribution in [3.63, 3.8) is 0 Å². The molecule has 16 heavy (non-hydrogen) atoms. The molecule has 2 rings (SSSR count). The summed E-state index contributed by atoms with van der Waals surface area (Å²) in [7, 11) is 0. The molecule has 2 unspecified atom stereocenters. The number of nitrogens with one attached hydrogen (secondary N) is 1. The molecule has 1 fully saturated rings. The number of carbonyl (C=O) groups excluding carboxylic acids is 1. The van der Waals surface area contributed by atoms with Crippen LogP contribution in [0, 0.1) is 5.92 Å². The number of carbonyl (C=O) groups is 1. The van der Waals surface area contributed by atoms with Crippen LogP contribution in [-0.2, 0) is 16.0 Å². The van der Waals surface area contributed by atoms with Crippen LogP contribution in [0.15, 0.2) is 22.8 Å². The lowest BCUT2D eigenvalue weighted by atomic mass is 10.0. The summed E-state index contributed by atoms with van der Waals surface area (Å²) in [6.45, 7) is 1.46. The Morgan fingerprint density at radius 1 is 1.56 bits per heavy atom. The van der Waals surface area contributed by atoms with E-state index >= 15 is 0 Å². The molecule has 1 saturated heterocycles. The van der Waals surface area contributed by atoms with Gasteiger partial charge in [0.25, 0.3) is 0 Å². The minimum atomic E-state index is -0.211. The van der Waals surface area contributed by atoms with Gasteiger partial charge < -0.3 is 20.2 Å². The highest BCUT2D eigenvalue weighted by atomic mass is 16.5. The molecule has 1 aliphatic rings. The van der Waals surface area contributed by atoms with Gasteiger partial charge in [0.1, 0.15) is 5.76 Å². The average Bonchev–Trinajstić information content (AvgIpc) is 2.88. The molecule has 1 aliphatic heterocycles. The lowest BCUT2D eigenvalue weighted by molar-refractivity contribution is -0.125. The van der Waals surface area contributed by atoms with Gasteiger partial charge in [-0.1, -0.05) is 0 Å². The first kappa shape index (κ1) is 11.2. The predicted octanol–water partition coefficient (Wildman–Crippen LogP) is -0.0880. The van der Waals surface area contributed by atoms with Crippen LogP contribution in [0.5, 0.6) is 0 Å². The van der Waals surface area contributed by atoms with Crippen molar-refractivity contribution in [2.75, 3.05) is 19.8 Å². The molecule has 0 bridgehead atoms. The number of ether oxygens (including phenoxy) is 1. The van der Waals surface area contributed by atoms with Crippen molar-refractivity contribution in [2.45, 2.75) is 12.5 Å². The average molecular weight is 224 g/mol. The van der Waals surface area contributed by atoms with Gasteiger partial charge in [0, 0.05) is 19.0 Å². The predicted molar refractivity (Wildman–Crippen MR) is 57.7 cm³/mol. The molecule has 88 valence electrons. The first-order valence-electron chi connectivity index (χ1n) is 5.41. The highest BCUT2D eigenvalue weighted by molar-refractivity contribution is 5.79. The lowest BCUT2D eigenvalue weighted by Crippen LogP contribution is -2.41. The van der Waals surface area contributed by atoms with Crippen LogP contribution in [0.4, 0.5) is 0 Å². The van der Waals surface area contributed by atoms with Crippen molar-refractivity contribution in [1.82, 2.24) is 5.32 Å². The second-order valence-electron chi connectivity index (χ2n) is 3.93. The van der Waals surface area contributed by atoms with Gasteiger partial charge in [-0.3, -0.25) is 4.79 Å². The molecule has 1 aromatic heterocycles. The van der Waals surface area contributed by atoms with E-state index in [1.807, 2.05) is 12.1 Å². The molecule has 0 aliphatic carbocycles. The first-order chi connectivity index (χ1) is 7.77. The number of hydrogen-bond donors (Lipinski definition) is 2. The summed E-state index contributed by atoms with van der Waals surface area (Å²) >= 11 is 0. The molecular weight excluding hydrogens is 208 g/mol. The molecule has 0 aromatic carbocycles. The normalized spacial score (nSPS) is 24.6. The quantitative estimate of drug-likeness (QED) is 0.749. The lowest BCUT2D eigenvalue weighted by Gasteiger charge is -2.12. The van der Waals surface area contributed by atoms with E-state index in [2.05, 4.69) is 5.32 Å². The molecular formula is C11H16N2O3. The molecule has 1 aromatic rings. The minimum Gasteiger partial charge on any atom is -0.469 e. The molecule has 2 atom stereocenters. The first-order valence-corrected chi connectivity index (χ1v) is 5.41. The maximum Gasteiger partial charge on any atom is 0.227 e. The summed E-state index contributed by atoms with van der Waals surface area (Å²) in [6.07, 6.45) is 2.32. The van der Waals surface area contributed by atoms with Crippen molar-refractivity contribution in [2.24, 2.45) is 11.7 Å². The van der Waals surface area contributed by atoms with Gasteiger partial charge in [-0.05, 0) is 12.1 Å². The largest absolute Gasteiger partial charge is 0.469 e. The summed E-state index contributed by atoms with van der Waals surface area (Å²) in [4.78, 5) is 11.7. The Balaban J connectivity index is 1.71. The van der Waals surface area contributed by atoms with Gasteiger partial charge in [-0.25, -0.2) is 0 Å². The summed E-state index contributed by atoms with van der Waals surface area (Å²) in [5.41, 5.74) is 5.74. The highest BCUT2D eigenvalue weighted by Gasteiger charge is 2.30. The van der Waals surface area contributed by atoms with E-state index in [0.29, 0.717) is 26.2 Å². The van der Waals surface area contributed by atoms with Crippen molar-refractivity contribution in [3.05, 3.63) is 24.2 Å². The minimum absolute atomic E-state index is 0.0310. The maximum absolute atomic E-state index is 11.7. The Morgan fingerprint density at radius 2 is 2.44 bits per heavy atom. The number of amides is 1. The zero-order chi connectivity index (χ0) is 11.4. The fraction of sp³-hybridized carbons (Fsp3) is 0.545. The van der Waals surface area contributed by atoms with Gasteiger partial charge in [0.2, 0.25) is 5.91 Å². The van der Waals surface area contributed by atoms with E-state index in [0.717, 1.165) is 5.76 Å². The molecule has 0 saturated carbocycles. The van der Waals surface area contributed by atoms with Crippen molar-refractivity contribution >= 4 is 5.91 Å². The van der Waals surface area contributed by atoms with E-state index in [9.17, 15) is 4.79 Å². The van der Waals surface area contributed by atoms with Gasteiger partial charge >= 0.3 is 0 Å². The Morgan fingerprint density at radius 3 is 3.06 bits per heavy atom. The molecule has 3 N–H and O–H groups in total. The van der Waals surface area contributed by atoms with Crippen LogP contribution < -0.4 is 11.1 Å². The van der Waals surface area contributed by atoms with Crippen LogP contribution >= 0.6 is 0 Å². The van der Waals surface area contributed by atoms with E-state index in [-0.39, 0.29) is 17.9 Å². The number of hydrogen-bond acceptors (Lipinski definition) is 4. The molecule has 0 radical (unpaired) electrons. The Hall–Kier alpha value is -1.33. The van der Waals surface area contributed by atoms with Gasteiger partial charge in [-0.2, -0.15) is 0 Å².